The summed E-state index contributed by atoms with van der Waals surface area (Å²) in [5.74, 6) is 0. The maximum absolute atomic E-state index is 12.1. The van der Waals surface area contributed by atoms with Crippen molar-refractivity contribution in [2.24, 2.45) is 0 Å². The first-order valence-corrected chi connectivity index (χ1v) is 3.48. The van der Waals surface area contributed by atoms with Crippen molar-refractivity contribution >= 4 is 17.3 Å². The molecule has 0 spiro atoms. The third kappa shape index (κ3) is 1.89. The van der Waals surface area contributed by atoms with Gasteiger partial charge in [0.1, 0.15) is 10.7 Å². The average Bonchev–Trinajstić information content (AvgIpc) is 2.03. The van der Waals surface area contributed by atoms with E-state index < -0.39 is 27.8 Å². The molecule has 0 bridgehead atoms. The Bertz CT molecular complexity index is 345. The number of halogens is 3. The molecule has 70 valence electrons. The standard InChI is InChI=1S/C6H3ClF2N2O2/c7-4-3(11(12)13)1-2-10-5(4)6(8)9/h1-2,6H. The molecule has 1 aromatic rings. The van der Waals surface area contributed by atoms with Gasteiger partial charge in [0.15, 0.2) is 0 Å². The van der Waals surface area contributed by atoms with Gasteiger partial charge in [-0.25, -0.2) is 8.78 Å². The van der Waals surface area contributed by atoms with Crippen LogP contribution in [-0.2, 0) is 0 Å². The monoisotopic (exact) mass is 208 g/mol. The molecule has 0 saturated carbocycles. The fourth-order valence-electron chi connectivity index (χ4n) is 0.742. The van der Waals surface area contributed by atoms with Crippen molar-refractivity contribution in [3.8, 4) is 0 Å². The predicted octanol–water partition coefficient (Wildman–Crippen LogP) is 2.58. The van der Waals surface area contributed by atoms with Crippen LogP contribution in [0.25, 0.3) is 0 Å². The number of nitrogens with zero attached hydrogens (tertiary/aromatic N) is 2. The number of hydrogen-bond donors (Lipinski definition) is 0. The maximum Gasteiger partial charge on any atom is 0.291 e. The highest BCUT2D eigenvalue weighted by Gasteiger charge is 2.22. The fraction of sp³-hybridized carbons (Fsp3) is 0.167. The number of pyridine rings is 1. The number of nitro groups is 1. The highest BCUT2D eigenvalue weighted by Crippen LogP contribution is 2.31. The average molecular weight is 209 g/mol. The van der Waals surface area contributed by atoms with Crippen LogP contribution in [0.5, 0.6) is 0 Å². The Morgan fingerprint density at radius 1 is 1.62 bits per heavy atom. The third-order valence-electron chi connectivity index (χ3n) is 1.30. The first-order valence-electron chi connectivity index (χ1n) is 3.11. The van der Waals surface area contributed by atoms with Gasteiger partial charge in [-0.05, 0) is 0 Å². The van der Waals surface area contributed by atoms with Gasteiger partial charge in [-0.1, -0.05) is 11.6 Å². The maximum atomic E-state index is 12.1. The van der Waals surface area contributed by atoms with Crippen LogP contribution in [0.3, 0.4) is 0 Å². The Labute approximate surface area is 76.3 Å². The molecule has 0 radical (unpaired) electrons. The van der Waals surface area contributed by atoms with Crippen LogP contribution < -0.4 is 0 Å². The molecule has 0 aliphatic rings. The third-order valence-corrected chi connectivity index (χ3v) is 1.69. The molecular weight excluding hydrogens is 206 g/mol. The molecule has 0 aromatic carbocycles. The molecule has 7 heteroatoms. The van der Waals surface area contributed by atoms with E-state index in [4.69, 9.17) is 11.6 Å². The zero-order valence-electron chi connectivity index (χ0n) is 6.08. The van der Waals surface area contributed by atoms with Gasteiger partial charge in [-0.2, -0.15) is 0 Å². The van der Waals surface area contributed by atoms with E-state index in [0.29, 0.717) is 0 Å². The molecule has 0 aliphatic carbocycles. The first kappa shape index (κ1) is 9.79. The minimum atomic E-state index is -2.91. The van der Waals surface area contributed by atoms with E-state index in [1.807, 2.05) is 0 Å². The minimum Gasteiger partial charge on any atom is -0.258 e. The minimum absolute atomic E-state index is 0.563. The normalized spacial score (nSPS) is 10.5. The number of rotatable bonds is 2. The lowest BCUT2D eigenvalue weighted by atomic mass is 10.3. The van der Waals surface area contributed by atoms with Gasteiger partial charge in [-0.3, -0.25) is 15.1 Å². The summed E-state index contributed by atoms with van der Waals surface area (Å²) >= 11 is 5.31. The van der Waals surface area contributed by atoms with E-state index in [9.17, 15) is 18.9 Å². The zero-order chi connectivity index (χ0) is 10.0. The van der Waals surface area contributed by atoms with Crippen LogP contribution in [0.1, 0.15) is 12.1 Å². The van der Waals surface area contributed by atoms with E-state index in [0.717, 1.165) is 12.3 Å². The Morgan fingerprint density at radius 2 is 2.23 bits per heavy atom. The fourth-order valence-corrected chi connectivity index (χ4v) is 1.01. The van der Waals surface area contributed by atoms with Crippen LogP contribution in [0.2, 0.25) is 5.02 Å². The molecule has 13 heavy (non-hydrogen) atoms. The number of aromatic nitrogens is 1. The molecule has 0 unspecified atom stereocenters. The lowest BCUT2D eigenvalue weighted by Gasteiger charge is -2.00. The molecule has 1 aromatic heterocycles. The molecule has 1 heterocycles. The van der Waals surface area contributed by atoms with E-state index in [2.05, 4.69) is 4.98 Å². The van der Waals surface area contributed by atoms with Gasteiger partial charge in [0.05, 0.1) is 4.92 Å². The van der Waals surface area contributed by atoms with E-state index >= 15 is 0 Å². The summed E-state index contributed by atoms with van der Waals surface area (Å²) in [4.78, 5) is 12.6. The molecule has 0 saturated heterocycles. The molecular formula is C6H3ClF2N2O2. The van der Waals surface area contributed by atoms with Crippen LogP contribution in [0, 0.1) is 10.1 Å². The van der Waals surface area contributed by atoms with Gasteiger partial charge < -0.3 is 0 Å². The largest absolute Gasteiger partial charge is 0.291 e. The molecule has 0 fully saturated rings. The lowest BCUT2D eigenvalue weighted by molar-refractivity contribution is -0.384. The van der Waals surface area contributed by atoms with Crippen LogP contribution >= 0.6 is 11.6 Å². The Hall–Kier alpha value is -1.30. The summed E-state index contributed by atoms with van der Waals surface area (Å²) in [6.45, 7) is 0. The second-order valence-corrected chi connectivity index (χ2v) is 2.47. The Morgan fingerprint density at radius 3 is 2.69 bits per heavy atom. The van der Waals surface area contributed by atoms with Gasteiger partial charge in [0, 0.05) is 12.3 Å². The molecule has 0 amide bonds. The number of alkyl halides is 2. The summed E-state index contributed by atoms with van der Waals surface area (Å²) in [7, 11) is 0. The second-order valence-electron chi connectivity index (χ2n) is 2.09. The van der Waals surface area contributed by atoms with Crippen molar-refractivity contribution in [2.75, 3.05) is 0 Å². The molecule has 0 aliphatic heterocycles. The van der Waals surface area contributed by atoms with Crippen LogP contribution in [-0.4, -0.2) is 9.91 Å². The van der Waals surface area contributed by atoms with Gasteiger partial charge in [0.25, 0.3) is 12.1 Å². The summed E-state index contributed by atoms with van der Waals surface area (Å²) in [5.41, 5.74) is -1.33. The lowest BCUT2D eigenvalue weighted by Crippen LogP contribution is -1.96. The van der Waals surface area contributed by atoms with Crippen molar-refractivity contribution in [3.05, 3.63) is 33.1 Å². The number of hydrogen-bond acceptors (Lipinski definition) is 3. The van der Waals surface area contributed by atoms with E-state index in [1.165, 1.54) is 0 Å². The summed E-state index contributed by atoms with van der Waals surface area (Å²) in [6, 6.07) is 0.966. The zero-order valence-corrected chi connectivity index (χ0v) is 6.83. The van der Waals surface area contributed by atoms with E-state index in [1.54, 1.807) is 0 Å². The van der Waals surface area contributed by atoms with Crippen LogP contribution in [0.4, 0.5) is 14.5 Å². The van der Waals surface area contributed by atoms with Crippen molar-refractivity contribution in [1.82, 2.24) is 4.98 Å². The quantitative estimate of drug-likeness (QED) is 0.554. The summed E-state index contributed by atoms with van der Waals surface area (Å²) in [5, 5.41) is 9.64. The smallest absolute Gasteiger partial charge is 0.258 e. The molecule has 1 rings (SSSR count). The first-order chi connectivity index (χ1) is 6.04. The predicted molar refractivity (Wildman–Crippen MR) is 40.9 cm³/mol. The SMILES string of the molecule is O=[N+]([O-])c1ccnc(C(F)F)c1Cl. The highest BCUT2D eigenvalue weighted by atomic mass is 35.5. The van der Waals surface area contributed by atoms with Crippen molar-refractivity contribution in [1.29, 1.82) is 0 Å². The van der Waals surface area contributed by atoms with Crippen molar-refractivity contribution < 1.29 is 13.7 Å². The molecule has 0 N–H and O–H groups in total. The Kier molecular flexibility index (Phi) is 2.72. The van der Waals surface area contributed by atoms with Gasteiger partial charge >= 0.3 is 0 Å². The highest BCUT2D eigenvalue weighted by molar-refractivity contribution is 6.33. The topological polar surface area (TPSA) is 56.0 Å². The molecule has 0 atom stereocenters. The molecule has 4 nitrogen and oxygen atoms in total. The second kappa shape index (κ2) is 3.61. The summed E-state index contributed by atoms with van der Waals surface area (Å²) < 4.78 is 24.2. The van der Waals surface area contributed by atoms with Crippen LogP contribution in [0.15, 0.2) is 12.3 Å². The Balaban J connectivity index is 3.26. The van der Waals surface area contributed by atoms with Gasteiger partial charge in [-0.15, -0.1) is 0 Å². The summed E-state index contributed by atoms with van der Waals surface area (Å²) in [6.07, 6.45) is -1.99. The van der Waals surface area contributed by atoms with Gasteiger partial charge in [0.2, 0.25) is 0 Å². The van der Waals surface area contributed by atoms with E-state index in [-0.39, 0.29) is 0 Å². The van der Waals surface area contributed by atoms with Crippen molar-refractivity contribution in [2.45, 2.75) is 6.43 Å². The van der Waals surface area contributed by atoms with Crippen molar-refractivity contribution in [3.63, 3.8) is 0 Å².